The van der Waals surface area contributed by atoms with Crippen LogP contribution in [0.1, 0.15) is 44.0 Å². The summed E-state index contributed by atoms with van der Waals surface area (Å²) in [5, 5.41) is 4.85. The minimum atomic E-state index is 0.287. The van der Waals surface area contributed by atoms with Crippen molar-refractivity contribution in [3.8, 4) is 0 Å². The number of anilines is 1. The monoisotopic (exact) mass is 307 g/mol. The summed E-state index contributed by atoms with van der Waals surface area (Å²) in [6.45, 7) is 5.09. The lowest BCUT2D eigenvalue weighted by Crippen LogP contribution is -2.26. The van der Waals surface area contributed by atoms with E-state index >= 15 is 0 Å². The number of rotatable bonds is 5. The minimum absolute atomic E-state index is 0.287. The SMILES string of the molecule is CC(C)c1nc(Cl)cc(N(Cc2ccsc2)C2CC2)n1. The number of hydrogen-bond donors (Lipinski definition) is 0. The Labute approximate surface area is 128 Å². The van der Waals surface area contributed by atoms with Crippen LogP contribution in [0, 0.1) is 0 Å². The van der Waals surface area contributed by atoms with Crippen molar-refractivity contribution in [2.24, 2.45) is 0 Å². The molecule has 5 heteroatoms. The van der Waals surface area contributed by atoms with Crippen LogP contribution in [0.2, 0.25) is 5.15 Å². The van der Waals surface area contributed by atoms with Gasteiger partial charge in [-0.05, 0) is 35.2 Å². The van der Waals surface area contributed by atoms with Gasteiger partial charge < -0.3 is 4.90 Å². The van der Waals surface area contributed by atoms with Crippen molar-refractivity contribution >= 4 is 28.8 Å². The molecule has 0 atom stereocenters. The summed E-state index contributed by atoms with van der Waals surface area (Å²) in [7, 11) is 0. The van der Waals surface area contributed by atoms with E-state index in [-0.39, 0.29) is 5.92 Å². The van der Waals surface area contributed by atoms with Crippen LogP contribution in [0.3, 0.4) is 0 Å². The summed E-state index contributed by atoms with van der Waals surface area (Å²) in [5.41, 5.74) is 1.34. The largest absolute Gasteiger partial charge is 0.349 e. The van der Waals surface area contributed by atoms with Gasteiger partial charge in [-0.25, -0.2) is 9.97 Å². The van der Waals surface area contributed by atoms with E-state index in [0.29, 0.717) is 11.2 Å². The van der Waals surface area contributed by atoms with Crippen LogP contribution in [-0.2, 0) is 6.54 Å². The molecule has 1 fully saturated rings. The fourth-order valence-electron chi connectivity index (χ4n) is 2.19. The molecule has 0 saturated heterocycles. The lowest BCUT2D eigenvalue weighted by Gasteiger charge is -2.24. The molecule has 1 aliphatic carbocycles. The molecular formula is C15H18ClN3S. The first-order chi connectivity index (χ1) is 9.63. The van der Waals surface area contributed by atoms with Gasteiger partial charge in [0, 0.05) is 24.6 Å². The molecule has 2 aromatic rings. The minimum Gasteiger partial charge on any atom is -0.349 e. The fourth-order valence-corrected chi connectivity index (χ4v) is 3.03. The average Bonchev–Trinajstić information content (AvgIpc) is 3.12. The molecule has 0 radical (unpaired) electrons. The van der Waals surface area contributed by atoms with Gasteiger partial charge in [-0.15, -0.1) is 0 Å². The molecule has 20 heavy (non-hydrogen) atoms. The maximum absolute atomic E-state index is 6.17. The molecule has 0 N–H and O–H groups in total. The smallest absolute Gasteiger partial charge is 0.135 e. The second-order valence-corrected chi connectivity index (χ2v) is 6.72. The zero-order valence-corrected chi connectivity index (χ0v) is 13.3. The first kappa shape index (κ1) is 13.8. The molecule has 0 aromatic carbocycles. The third-order valence-corrected chi connectivity index (χ3v) is 4.36. The fraction of sp³-hybridized carbons (Fsp3) is 0.467. The van der Waals surface area contributed by atoms with E-state index in [9.17, 15) is 0 Å². The molecule has 3 rings (SSSR count). The molecule has 2 aromatic heterocycles. The van der Waals surface area contributed by atoms with Gasteiger partial charge in [-0.2, -0.15) is 11.3 Å². The van der Waals surface area contributed by atoms with Crippen LogP contribution < -0.4 is 4.90 Å². The summed E-state index contributed by atoms with van der Waals surface area (Å²) in [5.74, 6) is 2.07. The molecule has 0 unspecified atom stereocenters. The van der Waals surface area contributed by atoms with Crippen LogP contribution in [0.4, 0.5) is 5.82 Å². The van der Waals surface area contributed by atoms with Gasteiger partial charge in [0.25, 0.3) is 0 Å². The number of nitrogens with zero attached hydrogens (tertiary/aromatic N) is 3. The zero-order valence-electron chi connectivity index (χ0n) is 11.7. The molecule has 1 saturated carbocycles. The van der Waals surface area contributed by atoms with Gasteiger partial charge in [-0.3, -0.25) is 0 Å². The molecule has 1 aliphatic rings. The van der Waals surface area contributed by atoms with Gasteiger partial charge in [0.05, 0.1) is 0 Å². The van der Waals surface area contributed by atoms with Crippen LogP contribution in [0.25, 0.3) is 0 Å². The van der Waals surface area contributed by atoms with E-state index in [1.165, 1.54) is 18.4 Å². The molecule has 3 nitrogen and oxygen atoms in total. The van der Waals surface area contributed by atoms with Gasteiger partial charge in [0.2, 0.25) is 0 Å². The average molecular weight is 308 g/mol. The van der Waals surface area contributed by atoms with Gasteiger partial charge in [-0.1, -0.05) is 25.4 Å². The highest BCUT2D eigenvalue weighted by atomic mass is 35.5. The molecular weight excluding hydrogens is 290 g/mol. The Morgan fingerprint density at radius 3 is 2.80 bits per heavy atom. The number of halogens is 1. The van der Waals surface area contributed by atoms with Gasteiger partial charge in [0.1, 0.15) is 16.8 Å². The molecule has 2 heterocycles. The van der Waals surface area contributed by atoms with Crippen LogP contribution in [-0.4, -0.2) is 16.0 Å². The Hall–Kier alpha value is -1.13. The summed E-state index contributed by atoms with van der Waals surface area (Å²) in [6.07, 6.45) is 2.48. The highest BCUT2D eigenvalue weighted by Crippen LogP contribution is 2.33. The van der Waals surface area contributed by atoms with E-state index in [2.05, 4.69) is 40.6 Å². The second-order valence-electron chi connectivity index (χ2n) is 5.55. The summed E-state index contributed by atoms with van der Waals surface area (Å²) >= 11 is 7.90. The molecule has 0 bridgehead atoms. The Balaban J connectivity index is 1.91. The molecule has 0 amide bonds. The number of thiophene rings is 1. The predicted molar refractivity (Wildman–Crippen MR) is 84.7 cm³/mol. The maximum Gasteiger partial charge on any atom is 0.135 e. The topological polar surface area (TPSA) is 29.0 Å². The third kappa shape index (κ3) is 3.13. The lowest BCUT2D eigenvalue weighted by molar-refractivity contribution is 0.735. The third-order valence-electron chi connectivity index (χ3n) is 3.43. The van der Waals surface area contributed by atoms with Crippen molar-refractivity contribution in [1.82, 2.24) is 9.97 Å². The van der Waals surface area contributed by atoms with Crippen LogP contribution in [0.5, 0.6) is 0 Å². The summed E-state index contributed by atoms with van der Waals surface area (Å²) in [4.78, 5) is 11.4. The first-order valence-electron chi connectivity index (χ1n) is 6.95. The maximum atomic E-state index is 6.17. The second kappa shape index (κ2) is 5.70. The summed E-state index contributed by atoms with van der Waals surface area (Å²) in [6, 6.07) is 4.66. The Morgan fingerprint density at radius 2 is 2.20 bits per heavy atom. The van der Waals surface area contributed by atoms with E-state index < -0.39 is 0 Å². The predicted octanol–water partition coefficient (Wildman–Crippen LogP) is 4.48. The lowest BCUT2D eigenvalue weighted by atomic mass is 10.2. The van der Waals surface area contributed by atoms with Crippen LogP contribution >= 0.6 is 22.9 Å². The van der Waals surface area contributed by atoms with Gasteiger partial charge >= 0.3 is 0 Å². The van der Waals surface area contributed by atoms with Crippen LogP contribution in [0.15, 0.2) is 22.9 Å². The molecule has 0 spiro atoms. The quantitative estimate of drug-likeness (QED) is 0.762. The van der Waals surface area contributed by atoms with E-state index in [1.54, 1.807) is 11.3 Å². The highest BCUT2D eigenvalue weighted by Gasteiger charge is 2.30. The molecule has 106 valence electrons. The molecule has 0 aliphatic heterocycles. The Morgan fingerprint density at radius 1 is 1.40 bits per heavy atom. The van der Waals surface area contributed by atoms with Crippen molar-refractivity contribution in [2.45, 2.75) is 45.2 Å². The Kier molecular flexibility index (Phi) is 3.94. The van der Waals surface area contributed by atoms with E-state index in [0.717, 1.165) is 18.2 Å². The first-order valence-corrected chi connectivity index (χ1v) is 8.28. The standard InChI is InChI=1S/C15H18ClN3S/c1-10(2)15-17-13(16)7-14(18-15)19(12-3-4-12)8-11-5-6-20-9-11/h5-7,9-10,12H,3-4,8H2,1-2H3. The summed E-state index contributed by atoms with van der Waals surface area (Å²) < 4.78 is 0. The highest BCUT2D eigenvalue weighted by molar-refractivity contribution is 7.07. The van der Waals surface area contributed by atoms with Gasteiger partial charge in [0.15, 0.2) is 0 Å². The zero-order chi connectivity index (χ0) is 14.1. The van der Waals surface area contributed by atoms with Crippen molar-refractivity contribution in [3.63, 3.8) is 0 Å². The van der Waals surface area contributed by atoms with Crippen molar-refractivity contribution in [1.29, 1.82) is 0 Å². The van der Waals surface area contributed by atoms with Crippen molar-refractivity contribution in [2.75, 3.05) is 4.90 Å². The number of hydrogen-bond acceptors (Lipinski definition) is 4. The van der Waals surface area contributed by atoms with E-state index in [1.807, 2.05) is 6.07 Å². The van der Waals surface area contributed by atoms with Crippen molar-refractivity contribution < 1.29 is 0 Å². The number of aromatic nitrogens is 2. The van der Waals surface area contributed by atoms with E-state index in [4.69, 9.17) is 16.6 Å². The Bertz CT molecular complexity index is 579. The van der Waals surface area contributed by atoms with Crippen molar-refractivity contribution in [3.05, 3.63) is 39.4 Å². The normalized spacial score (nSPS) is 14.8.